The van der Waals surface area contributed by atoms with E-state index in [9.17, 15) is 14.0 Å². The van der Waals surface area contributed by atoms with Crippen molar-refractivity contribution in [3.63, 3.8) is 0 Å². The highest BCUT2D eigenvalue weighted by Gasteiger charge is 2.25. The molecule has 1 aliphatic rings. The second kappa shape index (κ2) is 6.62. The van der Waals surface area contributed by atoms with Crippen LogP contribution in [0.25, 0.3) is 16.9 Å². The summed E-state index contributed by atoms with van der Waals surface area (Å²) in [6.07, 6.45) is 2.08. The summed E-state index contributed by atoms with van der Waals surface area (Å²) in [6, 6.07) is 13.5. The van der Waals surface area contributed by atoms with E-state index in [-0.39, 0.29) is 23.6 Å². The van der Waals surface area contributed by atoms with Crippen molar-refractivity contribution < 1.29 is 9.18 Å². The number of hydrogen-bond acceptors (Lipinski definition) is 5. The van der Waals surface area contributed by atoms with Crippen molar-refractivity contribution >= 4 is 22.8 Å². The maximum absolute atomic E-state index is 13.5. The van der Waals surface area contributed by atoms with Gasteiger partial charge in [-0.3, -0.25) is 14.2 Å². The Morgan fingerprint density at radius 3 is 2.86 bits per heavy atom. The SMILES string of the molecule is O=C(Cn1cnc2c(nnn2-c2cccc(F)c2)c1=O)N1CCc2ccccc21. The van der Waals surface area contributed by atoms with Crippen LogP contribution in [0, 0.1) is 5.82 Å². The molecule has 9 heteroatoms. The number of halogens is 1. The van der Waals surface area contributed by atoms with Crippen LogP contribution in [0.2, 0.25) is 0 Å². The van der Waals surface area contributed by atoms with E-state index in [1.54, 1.807) is 11.0 Å². The number of amides is 1. The van der Waals surface area contributed by atoms with Crippen LogP contribution in [0.3, 0.4) is 0 Å². The molecule has 0 N–H and O–H groups in total. The number of anilines is 1. The van der Waals surface area contributed by atoms with Gasteiger partial charge in [-0.15, -0.1) is 5.10 Å². The second-order valence-electron chi connectivity index (χ2n) is 6.76. The van der Waals surface area contributed by atoms with Gasteiger partial charge in [0, 0.05) is 12.2 Å². The molecular weight excluding hydrogens is 375 g/mol. The molecule has 3 heterocycles. The van der Waals surface area contributed by atoms with Crippen LogP contribution in [0.4, 0.5) is 10.1 Å². The van der Waals surface area contributed by atoms with E-state index < -0.39 is 11.4 Å². The molecule has 4 aromatic rings. The molecular formula is C20H15FN6O2. The molecule has 0 saturated carbocycles. The molecule has 0 radical (unpaired) electrons. The normalized spacial score (nSPS) is 13.1. The number of fused-ring (bicyclic) bond motifs is 2. The number of aromatic nitrogens is 5. The van der Waals surface area contributed by atoms with Gasteiger partial charge in [0.1, 0.15) is 18.7 Å². The topological polar surface area (TPSA) is 85.9 Å². The van der Waals surface area contributed by atoms with Crippen LogP contribution < -0.4 is 10.5 Å². The molecule has 0 fully saturated rings. The van der Waals surface area contributed by atoms with E-state index in [0.29, 0.717) is 12.2 Å². The van der Waals surface area contributed by atoms with Gasteiger partial charge in [0.05, 0.1) is 5.69 Å². The molecule has 0 aliphatic carbocycles. The van der Waals surface area contributed by atoms with Gasteiger partial charge >= 0.3 is 0 Å². The maximum Gasteiger partial charge on any atom is 0.284 e. The summed E-state index contributed by atoms with van der Waals surface area (Å²) in [5, 5.41) is 7.82. The molecule has 0 atom stereocenters. The van der Waals surface area contributed by atoms with Crippen LogP contribution in [0.5, 0.6) is 0 Å². The van der Waals surface area contributed by atoms with Gasteiger partial charge in [-0.25, -0.2) is 9.37 Å². The first-order chi connectivity index (χ1) is 14.1. The standard InChI is InChI=1S/C20H15FN6O2/c21-14-5-3-6-15(10-14)27-19-18(23-24-27)20(29)25(12-22-19)11-17(28)26-9-8-13-4-1-2-7-16(13)26/h1-7,10,12H,8-9,11H2. The van der Waals surface area contributed by atoms with E-state index in [1.165, 1.54) is 33.8 Å². The maximum atomic E-state index is 13.5. The van der Waals surface area contributed by atoms with Crippen LogP contribution in [0.1, 0.15) is 5.56 Å². The van der Waals surface area contributed by atoms with Crippen molar-refractivity contribution in [2.75, 3.05) is 11.4 Å². The van der Waals surface area contributed by atoms with Gasteiger partial charge in [0.25, 0.3) is 5.56 Å². The molecule has 1 amide bonds. The minimum absolute atomic E-state index is 0.0198. The fourth-order valence-electron chi connectivity index (χ4n) is 3.57. The van der Waals surface area contributed by atoms with Gasteiger partial charge in [-0.05, 0) is 36.2 Å². The first-order valence-electron chi connectivity index (χ1n) is 9.07. The number of carbonyl (C=O) groups excluding carboxylic acids is 1. The van der Waals surface area contributed by atoms with Gasteiger partial charge in [0.2, 0.25) is 5.91 Å². The highest BCUT2D eigenvalue weighted by atomic mass is 19.1. The van der Waals surface area contributed by atoms with E-state index in [2.05, 4.69) is 15.3 Å². The summed E-state index contributed by atoms with van der Waals surface area (Å²) in [4.78, 5) is 31.5. The van der Waals surface area contributed by atoms with Crippen molar-refractivity contribution in [3.8, 4) is 5.69 Å². The van der Waals surface area contributed by atoms with Crippen molar-refractivity contribution in [3.05, 3.63) is 76.6 Å². The molecule has 5 rings (SSSR count). The largest absolute Gasteiger partial charge is 0.310 e. The van der Waals surface area contributed by atoms with Crippen molar-refractivity contribution in [1.82, 2.24) is 24.5 Å². The fraction of sp³-hybridized carbons (Fsp3) is 0.150. The Morgan fingerprint density at radius 2 is 2.00 bits per heavy atom. The zero-order valence-electron chi connectivity index (χ0n) is 15.2. The molecule has 0 unspecified atom stereocenters. The highest BCUT2D eigenvalue weighted by molar-refractivity contribution is 5.95. The fourth-order valence-corrected chi connectivity index (χ4v) is 3.57. The van der Waals surface area contributed by atoms with Crippen LogP contribution in [0.15, 0.2) is 59.7 Å². The minimum atomic E-state index is -0.474. The number of rotatable bonds is 3. The first kappa shape index (κ1) is 17.2. The lowest BCUT2D eigenvalue weighted by molar-refractivity contribution is -0.119. The average Bonchev–Trinajstić information content (AvgIpc) is 3.35. The average molecular weight is 390 g/mol. The summed E-state index contributed by atoms with van der Waals surface area (Å²) in [5.74, 6) is -0.633. The molecule has 8 nitrogen and oxygen atoms in total. The van der Waals surface area contributed by atoms with Crippen molar-refractivity contribution in [2.24, 2.45) is 0 Å². The first-order valence-corrected chi connectivity index (χ1v) is 9.07. The van der Waals surface area contributed by atoms with Crippen LogP contribution in [-0.2, 0) is 17.8 Å². The van der Waals surface area contributed by atoms with Crippen LogP contribution >= 0.6 is 0 Å². The van der Waals surface area contributed by atoms with Crippen LogP contribution in [-0.4, -0.2) is 37.0 Å². The third-order valence-electron chi connectivity index (χ3n) is 4.98. The van der Waals surface area contributed by atoms with E-state index in [4.69, 9.17) is 0 Å². The highest BCUT2D eigenvalue weighted by Crippen LogP contribution is 2.27. The zero-order chi connectivity index (χ0) is 20.0. The van der Waals surface area contributed by atoms with Crippen molar-refractivity contribution in [1.29, 1.82) is 0 Å². The summed E-state index contributed by atoms with van der Waals surface area (Å²) in [5.41, 5.74) is 2.14. The summed E-state index contributed by atoms with van der Waals surface area (Å²) in [6.45, 7) is 0.432. The predicted molar refractivity (Wildman–Crippen MR) is 103 cm³/mol. The van der Waals surface area contributed by atoms with Gasteiger partial charge in [0.15, 0.2) is 11.2 Å². The minimum Gasteiger partial charge on any atom is -0.310 e. The molecule has 0 spiro atoms. The second-order valence-corrected chi connectivity index (χ2v) is 6.76. The lowest BCUT2D eigenvalue weighted by atomic mass is 10.2. The molecule has 2 aromatic carbocycles. The smallest absolute Gasteiger partial charge is 0.284 e. The number of hydrogen-bond donors (Lipinski definition) is 0. The molecule has 0 saturated heterocycles. The van der Waals surface area contributed by atoms with E-state index in [1.807, 2.05) is 24.3 Å². The quantitative estimate of drug-likeness (QED) is 0.532. The Bertz CT molecular complexity index is 1310. The number of nitrogens with zero attached hydrogens (tertiary/aromatic N) is 6. The third kappa shape index (κ3) is 2.87. The summed E-state index contributed by atoms with van der Waals surface area (Å²) < 4.78 is 16.0. The Morgan fingerprint density at radius 1 is 1.14 bits per heavy atom. The Kier molecular flexibility index (Phi) is 3.94. The number of para-hydroxylation sites is 1. The summed E-state index contributed by atoms with van der Waals surface area (Å²) in [7, 11) is 0. The molecule has 144 valence electrons. The summed E-state index contributed by atoms with van der Waals surface area (Å²) >= 11 is 0. The van der Waals surface area contributed by atoms with Crippen molar-refractivity contribution in [2.45, 2.75) is 13.0 Å². The zero-order valence-corrected chi connectivity index (χ0v) is 15.2. The van der Waals surface area contributed by atoms with Gasteiger partial charge in [-0.2, -0.15) is 4.68 Å². The van der Waals surface area contributed by atoms with Gasteiger partial charge in [-0.1, -0.05) is 29.5 Å². The Hall–Kier alpha value is -3.88. The molecule has 0 bridgehead atoms. The third-order valence-corrected chi connectivity index (χ3v) is 4.98. The Labute approximate surface area is 163 Å². The van der Waals surface area contributed by atoms with E-state index >= 15 is 0 Å². The number of carbonyl (C=O) groups is 1. The molecule has 29 heavy (non-hydrogen) atoms. The van der Waals surface area contributed by atoms with E-state index in [0.717, 1.165) is 17.7 Å². The molecule has 1 aliphatic heterocycles. The number of benzene rings is 2. The molecule has 2 aromatic heterocycles. The monoisotopic (exact) mass is 390 g/mol. The lowest BCUT2D eigenvalue weighted by Gasteiger charge is -2.17. The Balaban J connectivity index is 1.47. The predicted octanol–water partition coefficient (Wildman–Crippen LogP) is 1.71. The van der Waals surface area contributed by atoms with Gasteiger partial charge < -0.3 is 4.90 Å². The lowest BCUT2D eigenvalue weighted by Crippen LogP contribution is -2.35.